The first kappa shape index (κ1) is 10.2. The van der Waals surface area contributed by atoms with Crippen LogP contribution in [0.4, 0.5) is 0 Å². The first-order valence-electron chi connectivity index (χ1n) is 4.80. The van der Waals surface area contributed by atoms with E-state index < -0.39 is 0 Å². The van der Waals surface area contributed by atoms with Crippen molar-refractivity contribution in [2.75, 3.05) is 0 Å². The van der Waals surface area contributed by atoms with Crippen LogP contribution in [0.15, 0.2) is 27.7 Å². The molecule has 3 aromatic rings. The Morgan fingerprint density at radius 1 is 1.47 bits per heavy atom. The molecule has 0 saturated carbocycles. The lowest BCUT2D eigenvalue weighted by Crippen LogP contribution is -2.14. The lowest BCUT2D eigenvalue weighted by Gasteiger charge is -2.02. The minimum atomic E-state index is -0.293. The van der Waals surface area contributed by atoms with Crippen LogP contribution in [0.2, 0.25) is 0 Å². The standard InChI is InChI=1S/C9H7BrN6O/c1-5-12-7(15-4-6(10)3-11-15)2-8-13-14-9(17)16(5)8/h2-4H,1H3,(H,14,17). The van der Waals surface area contributed by atoms with E-state index in [0.717, 1.165) is 4.47 Å². The predicted molar refractivity (Wildman–Crippen MR) is 63.2 cm³/mol. The minimum Gasteiger partial charge on any atom is -0.246 e. The van der Waals surface area contributed by atoms with Gasteiger partial charge < -0.3 is 0 Å². The third-order valence-corrected chi connectivity index (χ3v) is 2.75. The maximum Gasteiger partial charge on any atom is 0.349 e. The van der Waals surface area contributed by atoms with Crippen LogP contribution in [0, 0.1) is 6.92 Å². The van der Waals surface area contributed by atoms with Crippen LogP contribution in [0.3, 0.4) is 0 Å². The highest BCUT2D eigenvalue weighted by atomic mass is 79.9. The monoisotopic (exact) mass is 294 g/mol. The van der Waals surface area contributed by atoms with Crippen LogP contribution >= 0.6 is 15.9 Å². The number of aromatic nitrogens is 6. The third kappa shape index (κ3) is 1.57. The van der Waals surface area contributed by atoms with Gasteiger partial charge in [0.15, 0.2) is 11.5 Å². The fourth-order valence-corrected chi connectivity index (χ4v) is 1.91. The van der Waals surface area contributed by atoms with E-state index in [-0.39, 0.29) is 5.69 Å². The summed E-state index contributed by atoms with van der Waals surface area (Å²) in [6.07, 6.45) is 3.45. The van der Waals surface area contributed by atoms with Crippen molar-refractivity contribution in [1.29, 1.82) is 0 Å². The van der Waals surface area contributed by atoms with Crippen LogP contribution in [0.5, 0.6) is 0 Å². The van der Waals surface area contributed by atoms with Gasteiger partial charge in [0.05, 0.1) is 10.7 Å². The van der Waals surface area contributed by atoms with Crippen molar-refractivity contribution in [1.82, 2.24) is 29.4 Å². The highest BCUT2D eigenvalue weighted by Gasteiger charge is 2.08. The zero-order chi connectivity index (χ0) is 12.0. The Bertz CT molecular complexity index is 754. The Morgan fingerprint density at radius 2 is 2.29 bits per heavy atom. The van der Waals surface area contributed by atoms with Crippen molar-refractivity contribution in [2.24, 2.45) is 0 Å². The number of aromatic amines is 1. The third-order valence-electron chi connectivity index (χ3n) is 2.34. The van der Waals surface area contributed by atoms with Crippen molar-refractivity contribution in [3.05, 3.63) is 39.2 Å². The predicted octanol–water partition coefficient (Wildman–Crippen LogP) is 0.674. The quantitative estimate of drug-likeness (QED) is 0.715. The molecule has 3 rings (SSSR count). The highest BCUT2D eigenvalue weighted by molar-refractivity contribution is 9.10. The van der Waals surface area contributed by atoms with E-state index in [0.29, 0.717) is 17.3 Å². The fourth-order valence-electron chi connectivity index (χ4n) is 1.63. The fraction of sp³-hybridized carbons (Fsp3) is 0.111. The van der Waals surface area contributed by atoms with Gasteiger partial charge in [0.2, 0.25) is 0 Å². The number of nitrogens with one attached hydrogen (secondary N) is 1. The average Bonchev–Trinajstić information content (AvgIpc) is 2.86. The maximum absolute atomic E-state index is 11.4. The average molecular weight is 295 g/mol. The number of hydrogen-bond donors (Lipinski definition) is 1. The lowest BCUT2D eigenvalue weighted by atomic mass is 10.5. The summed E-state index contributed by atoms with van der Waals surface area (Å²) in [5.74, 6) is 1.17. The summed E-state index contributed by atoms with van der Waals surface area (Å²) in [5, 5.41) is 10.4. The van der Waals surface area contributed by atoms with Crippen LogP contribution < -0.4 is 5.69 Å². The van der Waals surface area contributed by atoms with E-state index in [1.807, 2.05) is 0 Å². The number of nitrogens with zero attached hydrogens (tertiary/aromatic N) is 5. The first-order valence-corrected chi connectivity index (χ1v) is 5.60. The molecule has 0 amide bonds. The van der Waals surface area contributed by atoms with Gasteiger partial charge in [-0.25, -0.2) is 24.0 Å². The summed E-state index contributed by atoms with van der Waals surface area (Å²) < 4.78 is 3.87. The van der Waals surface area contributed by atoms with Crippen molar-refractivity contribution >= 4 is 21.6 Å². The van der Waals surface area contributed by atoms with Crippen molar-refractivity contribution in [3.8, 4) is 5.82 Å². The number of hydrogen-bond acceptors (Lipinski definition) is 4. The second-order valence-electron chi connectivity index (χ2n) is 3.49. The van der Waals surface area contributed by atoms with Gasteiger partial charge in [-0.3, -0.25) is 0 Å². The lowest BCUT2D eigenvalue weighted by molar-refractivity contribution is 0.818. The summed E-state index contributed by atoms with van der Waals surface area (Å²) in [4.78, 5) is 15.7. The van der Waals surface area contributed by atoms with Crippen molar-refractivity contribution < 1.29 is 0 Å². The molecule has 0 aromatic carbocycles. The van der Waals surface area contributed by atoms with E-state index >= 15 is 0 Å². The molecule has 17 heavy (non-hydrogen) atoms. The van der Waals surface area contributed by atoms with Gasteiger partial charge in [-0.1, -0.05) is 0 Å². The van der Waals surface area contributed by atoms with E-state index in [1.54, 1.807) is 30.1 Å². The van der Waals surface area contributed by atoms with Gasteiger partial charge in [-0.2, -0.15) is 10.2 Å². The van der Waals surface area contributed by atoms with Crippen LogP contribution in [0.25, 0.3) is 11.5 Å². The van der Waals surface area contributed by atoms with Gasteiger partial charge in [0.1, 0.15) is 5.82 Å². The molecule has 0 fully saturated rings. The Kier molecular flexibility index (Phi) is 2.11. The minimum absolute atomic E-state index is 0.293. The van der Waals surface area contributed by atoms with E-state index in [2.05, 4.69) is 36.2 Å². The molecule has 0 radical (unpaired) electrons. The largest absolute Gasteiger partial charge is 0.349 e. The van der Waals surface area contributed by atoms with Crippen molar-refractivity contribution in [3.63, 3.8) is 0 Å². The van der Waals surface area contributed by atoms with Crippen LogP contribution in [0.1, 0.15) is 5.82 Å². The summed E-state index contributed by atoms with van der Waals surface area (Å²) in [6.45, 7) is 1.74. The number of fused-ring (bicyclic) bond motifs is 1. The zero-order valence-electron chi connectivity index (χ0n) is 8.75. The zero-order valence-corrected chi connectivity index (χ0v) is 10.3. The van der Waals surface area contributed by atoms with Crippen molar-refractivity contribution in [2.45, 2.75) is 6.92 Å². The molecule has 0 spiro atoms. The molecule has 86 valence electrons. The normalized spacial score (nSPS) is 11.2. The summed E-state index contributed by atoms with van der Waals surface area (Å²) in [7, 11) is 0. The second-order valence-corrected chi connectivity index (χ2v) is 4.40. The molecular formula is C9H7BrN6O. The van der Waals surface area contributed by atoms with Gasteiger partial charge in [-0.15, -0.1) is 0 Å². The number of aryl methyl sites for hydroxylation is 1. The molecule has 1 N–H and O–H groups in total. The summed E-state index contributed by atoms with van der Waals surface area (Å²) >= 11 is 3.31. The molecule has 3 aromatic heterocycles. The van der Waals surface area contributed by atoms with E-state index in [9.17, 15) is 4.79 Å². The number of H-pyrrole nitrogens is 1. The Morgan fingerprint density at radius 3 is 3.00 bits per heavy atom. The van der Waals surface area contributed by atoms with Gasteiger partial charge in [-0.05, 0) is 22.9 Å². The molecule has 7 nitrogen and oxygen atoms in total. The highest BCUT2D eigenvalue weighted by Crippen LogP contribution is 2.12. The molecule has 0 bridgehead atoms. The topological polar surface area (TPSA) is 80.9 Å². The molecule has 3 heterocycles. The maximum atomic E-state index is 11.4. The molecule has 0 atom stereocenters. The van der Waals surface area contributed by atoms with E-state index in [4.69, 9.17) is 0 Å². The Labute approximate surface area is 103 Å². The molecule has 0 unspecified atom stereocenters. The molecular weight excluding hydrogens is 288 g/mol. The second kappa shape index (κ2) is 3.52. The van der Waals surface area contributed by atoms with Gasteiger partial charge >= 0.3 is 5.69 Å². The SMILES string of the molecule is Cc1nc(-n2cc(Br)cn2)cc2n[nH]c(=O)n12. The van der Waals surface area contributed by atoms with Gasteiger partial charge in [0, 0.05) is 12.3 Å². The molecule has 0 saturated heterocycles. The van der Waals surface area contributed by atoms with Crippen LogP contribution in [-0.2, 0) is 0 Å². The number of rotatable bonds is 1. The molecule has 0 aliphatic carbocycles. The molecule has 0 aliphatic heterocycles. The Balaban J connectivity index is 2.29. The number of halogens is 1. The van der Waals surface area contributed by atoms with Crippen LogP contribution in [-0.4, -0.2) is 29.4 Å². The smallest absolute Gasteiger partial charge is 0.246 e. The summed E-state index contributed by atoms with van der Waals surface area (Å²) in [5.41, 5.74) is 0.224. The van der Waals surface area contributed by atoms with Gasteiger partial charge in [0.25, 0.3) is 0 Å². The summed E-state index contributed by atoms with van der Waals surface area (Å²) in [6, 6.07) is 1.68. The Hall–Kier alpha value is -1.96. The molecule has 0 aliphatic rings. The first-order chi connectivity index (χ1) is 8.15. The van der Waals surface area contributed by atoms with E-state index in [1.165, 1.54) is 4.40 Å². The molecule has 8 heteroatoms.